The molecule has 20 heavy (non-hydrogen) atoms. The number of ether oxygens (including phenoxy) is 1. The Bertz CT molecular complexity index is 344. The van der Waals surface area contributed by atoms with Gasteiger partial charge in [0.15, 0.2) is 0 Å². The minimum atomic E-state index is -0.762. The molecule has 6 nitrogen and oxygen atoms in total. The highest BCUT2D eigenvalue weighted by molar-refractivity contribution is 5.75. The number of rotatable bonds is 8. The molecule has 0 heterocycles. The SMILES string of the molecule is O=C(NCCCOCC1CC1)NC1CCC(C(=O)O)C1. The van der Waals surface area contributed by atoms with Crippen molar-refractivity contribution in [3.63, 3.8) is 0 Å². The molecule has 2 atom stereocenters. The molecule has 2 aliphatic rings. The highest BCUT2D eigenvalue weighted by atomic mass is 16.5. The second-order valence-electron chi connectivity index (χ2n) is 5.82. The minimum absolute atomic E-state index is 0.0118. The first kappa shape index (κ1) is 15.1. The van der Waals surface area contributed by atoms with Gasteiger partial charge in [-0.2, -0.15) is 0 Å². The summed E-state index contributed by atoms with van der Waals surface area (Å²) >= 11 is 0. The molecule has 0 aliphatic heterocycles. The molecule has 2 unspecified atom stereocenters. The molecule has 114 valence electrons. The van der Waals surface area contributed by atoms with Crippen molar-refractivity contribution in [1.82, 2.24) is 10.6 Å². The molecule has 2 aliphatic carbocycles. The third-order valence-electron chi connectivity index (χ3n) is 3.92. The van der Waals surface area contributed by atoms with E-state index < -0.39 is 5.97 Å². The van der Waals surface area contributed by atoms with E-state index in [0.29, 0.717) is 26.0 Å². The topological polar surface area (TPSA) is 87.7 Å². The van der Waals surface area contributed by atoms with Gasteiger partial charge in [-0.15, -0.1) is 0 Å². The zero-order chi connectivity index (χ0) is 14.4. The first-order valence-corrected chi connectivity index (χ1v) is 7.50. The second kappa shape index (κ2) is 7.47. The molecule has 0 spiro atoms. The van der Waals surface area contributed by atoms with E-state index in [1.807, 2.05) is 0 Å². The fourth-order valence-corrected chi connectivity index (χ4v) is 2.48. The largest absolute Gasteiger partial charge is 0.481 e. The van der Waals surface area contributed by atoms with E-state index in [0.717, 1.165) is 25.4 Å². The summed E-state index contributed by atoms with van der Waals surface area (Å²) < 4.78 is 5.48. The maximum atomic E-state index is 11.6. The highest BCUT2D eigenvalue weighted by Gasteiger charge is 2.30. The molecule has 2 rings (SSSR count). The van der Waals surface area contributed by atoms with Gasteiger partial charge in [0.1, 0.15) is 0 Å². The van der Waals surface area contributed by atoms with Crippen LogP contribution in [-0.4, -0.2) is 42.9 Å². The van der Waals surface area contributed by atoms with Gasteiger partial charge >= 0.3 is 12.0 Å². The van der Waals surface area contributed by atoms with E-state index in [1.165, 1.54) is 12.8 Å². The zero-order valence-corrected chi connectivity index (χ0v) is 11.8. The van der Waals surface area contributed by atoms with Crippen LogP contribution in [0.1, 0.15) is 38.5 Å². The summed E-state index contributed by atoms with van der Waals surface area (Å²) in [4.78, 5) is 22.4. The van der Waals surface area contributed by atoms with Crippen molar-refractivity contribution in [2.24, 2.45) is 11.8 Å². The fourth-order valence-electron chi connectivity index (χ4n) is 2.48. The lowest BCUT2D eigenvalue weighted by Crippen LogP contribution is -2.41. The van der Waals surface area contributed by atoms with Crippen LogP contribution in [-0.2, 0) is 9.53 Å². The molecule has 0 radical (unpaired) electrons. The molecule has 0 aromatic rings. The molecule has 2 amide bonds. The van der Waals surface area contributed by atoms with E-state index in [1.54, 1.807) is 0 Å². The Morgan fingerprint density at radius 3 is 2.65 bits per heavy atom. The van der Waals surface area contributed by atoms with Gasteiger partial charge in [0.05, 0.1) is 5.92 Å². The Labute approximate surface area is 119 Å². The normalized spacial score (nSPS) is 25.4. The van der Waals surface area contributed by atoms with Crippen LogP contribution in [0.2, 0.25) is 0 Å². The van der Waals surface area contributed by atoms with Crippen LogP contribution in [0.3, 0.4) is 0 Å². The molecule has 0 aromatic heterocycles. The van der Waals surface area contributed by atoms with E-state index in [4.69, 9.17) is 9.84 Å². The number of carboxylic acid groups (broad SMARTS) is 1. The maximum Gasteiger partial charge on any atom is 0.315 e. The Hall–Kier alpha value is -1.30. The Balaban J connectivity index is 1.46. The summed E-state index contributed by atoms with van der Waals surface area (Å²) in [6.07, 6.45) is 5.32. The van der Waals surface area contributed by atoms with Gasteiger partial charge in [-0.3, -0.25) is 4.79 Å². The first-order chi connectivity index (χ1) is 9.65. The number of nitrogens with one attached hydrogen (secondary N) is 2. The lowest BCUT2D eigenvalue weighted by molar-refractivity contribution is -0.141. The van der Waals surface area contributed by atoms with Crippen LogP contribution in [0.4, 0.5) is 4.79 Å². The Morgan fingerprint density at radius 1 is 1.20 bits per heavy atom. The number of hydrogen-bond acceptors (Lipinski definition) is 3. The molecule has 2 fully saturated rings. The molecule has 0 saturated heterocycles. The molecule has 2 saturated carbocycles. The van der Waals surface area contributed by atoms with Crippen LogP contribution < -0.4 is 10.6 Å². The number of urea groups is 1. The predicted octanol–water partition coefficient (Wildman–Crippen LogP) is 1.36. The Morgan fingerprint density at radius 2 is 2.00 bits per heavy atom. The number of carbonyl (C=O) groups excluding carboxylic acids is 1. The summed E-state index contributed by atoms with van der Waals surface area (Å²) in [6.45, 7) is 2.12. The van der Waals surface area contributed by atoms with Crippen molar-refractivity contribution >= 4 is 12.0 Å². The Kier molecular flexibility index (Phi) is 5.64. The van der Waals surface area contributed by atoms with Gasteiger partial charge in [-0.1, -0.05) is 0 Å². The van der Waals surface area contributed by atoms with Crippen molar-refractivity contribution < 1.29 is 19.4 Å². The monoisotopic (exact) mass is 284 g/mol. The third-order valence-corrected chi connectivity index (χ3v) is 3.92. The van der Waals surface area contributed by atoms with E-state index >= 15 is 0 Å². The minimum Gasteiger partial charge on any atom is -0.481 e. The van der Waals surface area contributed by atoms with Crippen molar-refractivity contribution in [2.75, 3.05) is 19.8 Å². The van der Waals surface area contributed by atoms with Gasteiger partial charge in [-0.25, -0.2) is 4.79 Å². The number of hydrogen-bond donors (Lipinski definition) is 3. The number of carboxylic acids is 1. The molecule has 0 bridgehead atoms. The van der Waals surface area contributed by atoms with Crippen molar-refractivity contribution in [3.8, 4) is 0 Å². The van der Waals surface area contributed by atoms with Gasteiger partial charge in [0.2, 0.25) is 0 Å². The standard InChI is InChI=1S/C14H24N2O4/c17-13(18)11-4-5-12(8-11)16-14(19)15-6-1-7-20-9-10-2-3-10/h10-12H,1-9H2,(H,17,18)(H2,15,16,19). The van der Waals surface area contributed by atoms with Gasteiger partial charge < -0.3 is 20.5 Å². The van der Waals surface area contributed by atoms with Crippen LogP contribution in [0.25, 0.3) is 0 Å². The van der Waals surface area contributed by atoms with E-state index in [-0.39, 0.29) is 18.0 Å². The average Bonchev–Trinajstić information content (AvgIpc) is 3.11. The summed E-state index contributed by atoms with van der Waals surface area (Å²) in [5.41, 5.74) is 0. The second-order valence-corrected chi connectivity index (χ2v) is 5.82. The first-order valence-electron chi connectivity index (χ1n) is 7.50. The quantitative estimate of drug-likeness (QED) is 0.587. The van der Waals surface area contributed by atoms with Gasteiger partial charge in [0, 0.05) is 25.8 Å². The summed E-state index contributed by atoms with van der Waals surface area (Å²) in [6, 6.07) is -0.217. The molecular weight excluding hydrogens is 260 g/mol. The zero-order valence-electron chi connectivity index (χ0n) is 11.8. The van der Waals surface area contributed by atoms with Crippen LogP contribution in [0.5, 0.6) is 0 Å². The predicted molar refractivity (Wildman–Crippen MR) is 73.5 cm³/mol. The summed E-state index contributed by atoms with van der Waals surface area (Å²) in [7, 11) is 0. The van der Waals surface area contributed by atoms with E-state index in [9.17, 15) is 9.59 Å². The van der Waals surface area contributed by atoms with Gasteiger partial charge in [-0.05, 0) is 44.4 Å². The third kappa shape index (κ3) is 5.36. The van der Waals surface area contributed by atoms with E-state index in [2.05, 4.69) is 10.6 Å². The molecule has 0 aromatic carbocycles. The lowest BCUT2D eigenvalue weighted by Gasteiger charge is -2.13. The van der Waals surface area contributed by atoms with Gasteiger partial charge in [0.25, 0.3) is 0 Å². The lowest BCUT2D eigenvalue weighted by atomic mass is 10.1. The molecule has 3 N–H and O–H groups in total. The van der Waals surface area contributed by atoms with Crippen molar-refractivity contribution in [1.29, 1.82) is 0 Å². The van der Waals surface area contributed by atoms with Crippen molar-refractivity contribution in [3.05, 3.63) is 0 Å². The van der Waals surface area contributed by atoms with Crippen LogP contribution in [0, 0.1) is 11.8 Å². The fraction of sp³-hybridized carbons (Fsp3) is 0.857. The van der Waals surface area contributed by atoms with Crippen LogP contribution >= 0.6 is 0 Å². The molecular formula is C14H24N2O4. The van der Waals surface area contributed by atoms with Crippen molar-refractivity contribution in [2.45, 2.75) is 44.6 Å². The summed E-state index contributed by atoms with van der Waals surface area (Å²) in [5.74, 6) is -0.297. The van der Waals surface area contributed by atoms with Crippen LogP contribution in [0.15, 0.2) is 0 Å². The highest BCUT2D eigenvalue weighted by Crippen LogP contribution is 2.28. The number of aliphatic carboxylic acids is 1. The maximum absolute atomic E-state index is 11.6. The smallest absolute Gasteiger partial charge is 0.315 e. The number of carbonyl (C=O) groups is 2. The average molecular weight is 284 g/mol. The summed E-state index contributed by atoms with van der Waals surface area (Å²) in [5, 5.41) is 14.5. The molecule has 6 heteroatoms. The number of amides is 2.